The number of aromatic nitrogens is 3. The predicted molar refractivity (Wildman–Crippen MR) is 124 cm³/mol. The van der Waals surface area contributed by atoms with Gasteiger partial charge < -0.3 is 4.74 Å². The number of amides is 1. The van der Waals surface area contributed by atoms with E-state index in [0.29, 0.717) is 23.2 Å². The second kappa shape index (κ2) is 7.96. The molecule has 32 heavy (non-hydrogen) atoms. The zero-order valence-electron chi connectivity index (χ0n) is 17.8. The number of para-hydroxylation sites is 2. The fourth-order valence-electron chi connectivity index (χ4n) is 3.99. The number of carbonyl (C=O) groups is 1. The maximum atomic E-state index is 13.4. The van der Waals surface area contributed by atoms with Crippen LogP contribution in [0.4, 0.5) is 11.4 Å². The van der Waals surface area contributed by atoms with Crippen LogP contribution in [0.2, 0.25) is 0 Å². The number of thiophene rings is 1. The van der Waals surface area contributed by atoms with Gasteiger partial charge in [-0.05, 0) is 43.7 Å². The van der Waals surface area contributed by atoms with Crippen LogP contribution in [0.3, 0.4) is 0 Å². The van der Waals surface area contributed by atoms with E-state index < -0.39 is 0 Å². The van der Waals surface area contributed by atoms with E-state index in [1.54, 1.807) is 4.90 Å². The number of nitrogens with zero attached hydrogens (tertiary/aromatic N) is 4. The second-order valence-electron chi connectivity index (χ2n) is 8.36. The van der Waals surface area contributed by atoms with Crippen LogP contribution in [0.25, 0.3) is 10.2 Å². The van der Waals surface area contributed by atoms with Crippen molar-refractivity contribution in [2.24, 2.45) is 0 Å². The van der Waals surface area contributed by atoms with Gasteiger partial charge in [0.25, 0.3) is 11.5 Å². The van der Waals surface area contributed by atoms with Gasteiger partial charge >= 0.3 is 0 Å². The number of ether oxygens (including phenoxy) is 1. The Hall–Kier alpha value is -3.36. The minimum Gasteiger partial charge on any atom is -0.370 e. The molecule has 0 saturated carbocycles. The van der Waals surface area contributed by atoms with Crippen molar-refractivity contribution in [1.29, 1.82) is 0 Å². The molecule has 0 bridgehead atoms. The number of hydrogen-bond donors (Lipinski definition) is 0. The number of benzene rings is 2. The number of rotatable bonds is 4. The van der Waals surface area contributed by atoms with E-state index in [4.69, 9.17) is 4.74 Å². The van der Waals surface area contributed by atoms with Gasteiger partial charge in [0.2, 0.25) is 0 Å². The van der Waals surface area contributed by atoms with Gasteiger partial charge in [-0.2, -0.15) is 0 Å². The highest BCUT2D eigenvalue weighted by molar-refractivity contribution is 7.18. The third-order valence-electron chi connectivity index (χ3n) is 5.52. The van der Waals surface area contributed by atoms with Gasteiger partial charge in [0.1, 0.15) is 6.54 Å². The number of anilines is 2. The Balaban J connectivity index is 1.54. The van der Waals surface area contributed by atoms with Crippen molar-refractivity contribution in [3.05, 3.63) is 81.5 Å². The highest BCUT2D eigenvalue weighted by Gasteiger charge is 2.31. The van der Waals surface area contributed by atoms with Gasteiger partial charge in [0.05, 0.1) is 17.6 Å². The average Bonchev–Trinajstić information content (AvgIpc) is 3.15. The molecule has 0 saturated heterocycles. The molecule has 162 valence electrons. The second-order valence-corrected chi connectivity index (χ2v) is 9.45. The Labute approximate surface area is 188 Å². The Morgan fingerprint density at radius 1 is 1.09 bits per heavy atom. The standard InChI is InChI=1S/C24H22N4O3S/c1-24(2)13-18-19(15-31-24)32-22-21(18)23(30)27(26-25-22)14-20(29)28(16-9-5-3-6-10-16)17-11-7-4-8-12-17/h3-12H,13-15H2,1-2H3. The maximum Gasteiger partial charge on any atom is 0.279 e. The van der Waals surface area contributed by atoms with E-state index in [1.165, 1.54) is 16.0 Å². The van der Waals surface area contributed by atoms with Crippen LogP contribution in [0.15, 0.2) is 65.5 Å². The quantitative estimate of drug-likeness (QED) is 0.472. The first-order chi connectivity index (χ1) is 15.4. The molecule has 0 N–H and O–H groups in total. The van der Waals surface area contributed by atoms with E-state index in [0.717, 1.165) is 21.8 Å². The Morgan fingerprint density at radius 2 is 1.72 bits per heavy atom. The third-order valence-corrected chi connectivity index (χ3v) is 6.61. The molecule has 0 unspecified atom stereocenters. The van der Waals surface area contributed by atoms with Crippen LogP contribution in [0.5, 0.6) is 0 Å². The molecule has 5 rings (SSSR count). The Kier molecular flexibility index (Phi) is 5.11. The summed E-state index contributed by atoms with van der Waals surface area (Å²) >= 11 is 1.43. The van der Waals surface area contributed by atoms with Crippen molar-refractivity contribution < 1.29 is 9.53 Å². The fourth-order valence-corrected chi connectivity index (χ4v) is 5.03. The number of hydrogen-bond acceptors (Lipinski definition) is 6. The van der Waals surface area contributed by atoms with Crippen molar-refractivity contribution in [2.75, 3.05) is 4.90 Å². The molecule has 0 spiro atoms. The Bertz CT molecular complexity index is 1310. The third kappa shape index (κ3) is 3.72. The molecule has 2 aromatic carbocycles. The van der Waals surface area contributed by atoms with Gasteiger partial charge in [-0.3, -0.25) is 14.5 Å². The molecule has 3 heterocycles. The molecule has 2 aromatic heterocycles. The van der Waals surface area contributed by atoms with Crippen molar-refractivity contribution in [2.45, 2.75) is 39.0 Å². The van der Waals surface area contributed by atoms with Crippen molar-refractivity contribution in [3.63, 3.8) is 0 Å². The molecular formula is C24H22N4O3S. The fraction of sp³-hybridized carbons (Fsp3) is 0.250. The molecule has 0 atom stereocenters. The molecule has 4 aromatic rings. The zero-order valence-corrected chi connectivity index (χ0v) is 18.6. The molecule has 1 aliphatic heterocycles. The van der Waals surface area contributed by atoms with Crippen LogP contribution in [-0.2, 0) is 29.1 Å². The van der Waals surface area contributed by atoms with E-state index in [-0.39, 0.29) is 23.6 Å². The first-order valence-electron chi connectivity index (χ1n) is 10.4. The molecule has 0 fully saturated rings. The number of fused-ring (bicyclic) bond motifs is 3. The Morgan fingerprint density at radius 3 is 2.34 bits per heavy atom. The van der Waals surface area contributed by atoms with Gasteiger partial charge in [-0.15, -0.1) is 16.4 Å². The summed E-state index contributed by atoms with van der Waals surface area (Å²) < 4.78 is 7.04. The van der Waals surface area contributed by atoms with Gasteiger partial charge in [0, 0.05) is 22.7 Å². The van der Waals surface area contributed by atoms with Crippen LogP contribution < -0.4 is 10.5 Å². The summed E-state index contributed by atoms with van der Waals surface area (Å²) in [5.41, 5.74) is 1.76. The topological polar surface area (TPSA) is 77.3 Å². The average molecular weight is 447 g/mol. The molecule has 8 heteroatoms. The van der Waals surface area contributed by atoms with Gasteiger partial charge in [-0.1, -0.05) is 41.6 Å². The largest absolute Gasteiger partial charge is 0.370 e. The first kappa shape index (κ1) is 20.5. The maximum absolute atomic E-state index is 13.4. The van der Waals surface area contributed by atoms with Gasteiger partial charge in [0.15, 0.2) is 4.83 Å². The lowest BCUT2D eigenvalue weighted by atomic mass is 9.94. The lowest BCUT2D eigenvalue weighted by Crippen LogP contribution is -2.36. The van der Waals surface area contributed by atoms with E-state index in [2.05, 4.69) is 10.3 Å². The van der Waals surface area contributed by atoms with Gasteiger partial charge in [-0.25, -0.2) is 4.68 Å². The summed E-state index contributed by atoms with van der Waals surface area (Å²) in [5.74, 6) is -0.272. The monoisotopic (exact) mass is 446 g/mol. The summed E-state index contributed by atoms with van der Waals surface area (Å²) in [7, 11) is 0. The molecule has 1 aliphatic rings. The molecule has 0 aliphatic carbocycles. The van der Waals surface area contributed by atoms with Crippen LogP contribution >= 0.6 is 11.3 Å². The normalized spacial score (nSPS) is 14.8. The predicted octanol–water partition coefficient (Wildman–Crippen LogP) is 4.07. The van der Waals surface area contributed by atoms with E-state index in [1.807, 2.05) is 74.5 Å². The molecule has 0 radical (unpaired) electrons. The smallest absolute Gasteiger partial charge is 0.279 e. The summed E-state index contributed by atoms with van der Waals surface area (Å²) in [4.78, 5) is 30.0. The summed E-state index contributed by atoms with van der Waals surface area (Å²) in [6.45, 7) is 4.26. The first-order valence-corrected chi connectivity index (χ1v) is 11.2. The van der Waals surface area contributed by atoms with Crippen molar-refractivity contribution >= 4 is 38.8 Å². The van der Waals surface area contributed by atoms with Crippen LogP contribution in [0.1, 0.15) is 24.3 Å². The van der Waals surface area contributed by atoms with Crippen LogP contribution in [-0.4, -0.2) is 26.5 Å². The van der Waals surface area contributed by atoms with E-state index in [9.17, 15) is 9.59 Å². The van der Waals surface area contributed by atoms with Crippen molar-refractivity contribution in [1.82, 2.24) is 15.0 Å². The number of carbonyl (C=O) groups excluding carboxylic acids is 1. The SMILES string of the molecule is CC1(C)Cc2c(sc3nnn(CC(=O)N(c4ccccc4)c4ccccc4)c(=O)c23)CO1. The minimum absolute atomic E-state index is 0.212. The highest BCUT2D eigenvalue weighted by Crippen LogP contribution is 2.36. The summed E-state index contributed by atoms with van der Waals surface area (Å²) in [5, 5.41) is 8.88. The molecular weight excluding hydrogens is 424 g/mol. The zero-order chi connectivity index (χ0) is 22.3. The summed E-state index contributed by atoms with van der Waals surface area (Å²) in [6, 6.07) is 18.7. The molecule has 1 amide bonds. The van der Waals surface area contributed by atoms with E-state index >= 15 is 0 Å². The summed E-state index contributed by atoms with van der Waals surface area (Å²) in [6.07, 6.45) is 0.622. The highest BCUT2D eigenvalue weighted by atomic mass is 32.1. The lowest BCUT2D eigenvalue weighted by molar-refractivity contribution is -0.118. The minimum atomic E-state index is -0.352. The van der Waals surface area contributed by atoms with Crippen LogP contribution in [0, 0.1) is 0 Å². The molecule has 7 nitrogen and oxygen atoms in total. The van der Waals surface area contributed by atoms with Crippen molar-refractivity contribution in [3.8, 4) is 0 Å². The lowest BCUT2D eigenvalue weighted by Gasteiger charge is -2.29.